The summed E-state index contributed by atoms with van der Waals surface area (Å²) < 4.78 is 0. The maximum absolute atomic E-state index is 12.0. The van der Waals surface area contributed by atoms with Gasteiger partial charge in [0.1, 0.15) is 0 Å². The van der Waals surface area contributed by atoms with Crippen LogP contribution in [0.3, 0.4) is 0 Å². The van der Waals surface area contributed by atoms with Gasteiger partial charge in [0, 0.05) is 19.2 Å². The second kappa shape index (κ2) is 6.39. The van der Waals surface area contributed by atoms with Crippen molar-refractivity contribution in [1.82, 2.24) is 4.90 Å². The fraction of sp³-hybridized carbons (Fsp3) is 0.375. The molecule has 1 aliphatic rings. The van der Waals surface area contributed by atoms with Gasteiger partial charge in [0.15, 0.2) is 0 Å². The molecule has 1 fully saturated rings. The first kappa shape index (κ1) is 12.9. The van der Waals surface area contributed by atoms with Crippen molar-refractivity contribution in [3.8, 4) is 0 Å². The molecular weight excluding hydrogens is 222 g/mol. The quantitative estimate of drug-likeness (QED) is 0.746. The summed E-state index contributed by atoms with van der Waals surface area (Å²) in [7, 11) is 0. The highest BCUT2D eigenvalue weighted by Gasteiger charge is 2.19. The molecule has 0 saturated carbocycles. The summed E-state index contributed by atoms with van der Waals surface area (Å²) in [4.78, 5) is 13.9. The summed E-state index contributed by atoms with van der Waals surface area (Å²) in [5.41, 5.74) is 1.07. The molecule has 0 bridgehead atoms. The average Bonchev–Trinajstić information content (AvgIpc) is 2.46. The number of hydrogen-bond donors (Lipinski definition) is 0. The molecular formula is C16H20NO. The highest BCUT2D eigenvalue weighted by molar-refractivity contribution is 5.91. The number of hydrogen-bond acceptors (Lipinski definition) is 1. The SMILES string of the molecule is [CH2]CC1CCN(C(=O)/C=C/c2ccccc2)CC1. The lowest BCUT2D eigenvalue weighted by Crippen LogP contribution is -2.37. The topological polar surface area (TPSA) is 20.3 Å². The van der Waals surface area contributed by atoms with Crippen molar-refractivity contribution < 1.29 is 4.79 Å². The van der Waals surface area contributed by atoms with Crippen LogP contribution in [0, 0.1) is 12.8 Å². The Morgan fingerprint density at radius 3 is 2.56 bits per heavy atom. The Morgan fingerprint density at radius 2 is 1.94 bits per heavy atom. The standard InChI is InChI=1S/C16H20NO/c1-2-14-10-12-17(13-11-14)16(18)9-8-15-6-4-3-5-7-15/h3-9,14H,1-2,10-13H2/b9-8+. The summed E-state index contributed by atoms with van der Waals surface area (Å²) in [5.74, 6) is 0.827. The van der Waals surface area contributed by atoms with Crippen molar-refractivity contribution in [2.45, 2.75) is 19.3 Å². The summed E-state index contributed by atoms with van der Waals surface area (Å²) in [6, 6.07) is 9.92. The number of benzene rings is 1. The van der Waals surface area contributed by atoms with Crippen LogP contribution in [0.5, 0.6) is 0 Å². The number of piperidine rings is 1. The molecule has 2 heteroatoms. The first-order valence-electron chi connectivity index (χ1n) is 6.61. The molecule has 1 aliphatic heterocycles. The lowest BCUT2D eigenvalue weighted by Gasteiger charge is -2.30. The first-order chi connectivity index (χ1) is 8.79. The van der Waals surface area contributed by atoms with Crippen molar-refractivity contribution in [3.05, 3.63) is 48.9 Å². The summed E-state index contributed by atoms with van der Waals surface area (Å²) in [5, 5.41) is 0. The van der Waals surface area contributed by atoms with E-state index in [1.54, 1.807) is 6.08 Å². The molecule has 0 unspecified atom stereocenters. The van der Waals surface area contributed by atoms with Gasteiger partial charge in [-0.25, -0.2) is 0 Å². The van der Waals surface area contributed by atoms with Crippen LogP contribution < -0.4 is 0 Å². The van der Waals surface area contributed by atoms with E-state index >= 15 is 0 Å². The Kier molecular flexibility index (Phi) is 4.57. The molecule has 2 rings (SSSR count). The van der Waals surface area contributed by atoms with E-state index in [9.17, 15) is 4.79 Å². The van der Waals surface area contributed by atoms with Crippen LogP contribution in [0.2, 0.25) is 0 Å². The second-order valence-electron chi connectivity index (χ2n) is 4.80. The molecule has 0 atom stereocenters. The molecule has 1 saturated heterocycles. The second-order valence-corrected chi connectivity index (χ2v) is 4.80. The third-order valence-corrected chi connectivity index (χ3v) is 3.55. The Labute approximate surface area is 109 Å². The predicted octanol–water partition coefficient (Wildman–Crippen LogP) is 3.16. The van der Waals surface area contributed by atoms with E-state index in [4.69, 9.17) is 0 Å². The van der Waals surface area contributed by atoms with Crippen LogP contribution in [0.1, 0.15) is 24.8 Å². The minimum absolute atomic E-state index is 0.126. The van der Waals surface area contributed by atoms with Crippen molar-refractivity contribution in [3.63, 3.8) is 0 Å². The zero-order valence-corrected chi connectivity index (χ0v) is 10.7. The van der Waals surface area contributed by atoms with Gasteiger partial charge >= 0.3 is 0 Å². The maximum atomic E-state index is 12.0. The Bertz CT molecular complexity index is 402. The van der Waals surface area contributed by atoms with Crippen molar-refractivity contribution in [1.29, 1.82) is 0 Å². The van der Waals surface area contributed by atoms with Crippen LogP contribution >= 0.6 is 0 Å². The highest BCUT2D eigenvalue weighted by Crippen LogP contribution is 2.19. The largest absolute Gasteiger partial charge is 0.339 e. The Hall–Kier alpha value is -1.57. The fourth-order valence-corrected chi connectivity index (χ4v) is 2.28. The van der Waals surface area contributed by atoms with E-state index in [1.165, 1.54) is 0 Å². The number of rotatable bonds is 3. The monoisotopic (exact) mass is 242 g/mol. The number of carbonyl (C=O) groups is 1. The van der Waals surface area contributed by atoms with Crippen LogP contribution in [0.15, 0.2) is 36.4 Å². The minimum atomic E-state index is 0.126. The number of nitrogens with zero attached hydrogens (tertiary/aromatic N) is 1. The van der Waals surface area contributed by atoms with E-state index in [1.807, 2.05) is 41.3 Å². The smallest absolute Gasteiger partial charge is 0.246 e. The summed E-state index contributed by atoms with van der Waals surface area (Å²) in [6.45, 7) is 5.68. The van der Waals surface area contributed by atoms with Crippen molar-refractivity contribution in [2.75, 3.05) is 13.1 Å². The maximum Gasteiger partial charge on any atom is 0.246 e. The van der Waals surface area contributed by atoms with E-state index < -0.39 is 0 Å². The molecule has 2 nitrogen and oxygen atoms in total. The number of amides is 1. The van der Waals surface area contributed by atoms with Gasteiger partial charge in [-0.2, -0.15) is 0 Å². The van der Waals surface area contributed by atoms with E-state index in [-0.39, 0.29) is 5.91 Å². The molecule has 0 aliphatic carbocycles. The zero-order chi connectivity index (χ0) is 12.8. The molecule has 0 N–H and O–H groups in total. The van der Waals surface area contributed by atoms with Gasteiger partial charge in [0.25, 0.3) is 0 Å². The van der Waals surface area contributed by atoms with Gasteiger partial charge in [-0.1, -0.05) is 43.7 Å². The van der Waals surface area contributed by atoms with E-state index in [0.29, 0.717) is 5.92 Å². The third kappa shape index (κ3) is 3.46. The molecule has 1 amide bonds. The van der Waals surface area contributed by atoms with Gasteiger partial charge < -0.3 is 4.90 Å². The molecule has 1 aromatic carbocycles. The van der Waals surface area contributed by atoms with E-state index in [0.717, 1.165) is 37.9 Å². The molecule has 18 heavy (non-hydrogen) atoms. The van der Waals surface area contributed by atoms with Gasteiger partial charge in [-0.15, -0.1) is 0 Å². The average molecular weight is 242 g/mol. The summed E-state index contributed by atoms with van der Waals surface area (Å²) >= 11 is 0. The third-order valence-electron chi connectivity index (χ3n) is 3.55. The van der Waals surface area contributed by atoms with Crippen LogP contribution in [0.4, 0.5) is 0 Å². The van der Waals surface area contributed by atoms with E-state index in [2.05, 4.69) is 6.92 Å². The minimum Gasteiger partial charge on any atom is -0.339 e. The molecule has 1 aromatic rings. The lowest BCUT2D eigenvalue weighted by atomic mass is 9.94. The number of carbonyl (C=O) groups excluding carboxylic acids is 1. The Morgan fingerprint density at radius 1 is 1.28 bits per heavy atom. The fourth-order valence-electron chi connectivity index (χ4n) is 2.28. The molecule has 1 radical (unpaired) electrons. The molecule has 0 aromatic heterocycles. The summed E-state index contributed by atoms with van der Waals surface area (Å²) in [6.07, 6.45) is 6.74. The van der Waals surface area contributed by atoms with Gasteiger partial charge in [0.2, 0.25) is 5.91 Å². The van der Waals surface area contributed by atoms with Gasteiger partial charge in [0.05, 0.1) is 0 Å². The highest BCUT2D eigenvalue weighted by atomic mass is 16.2. The normalized spacial score (nSPS) is 17.3. The molecule has 0 spiro atoms. The van der Waals surface area contributed by atoms with Gasteiger partial charge in [-0.3, -0.25) is 4.79 Å². The predicted molar refractivity (Wildman–Crippen MR) is 74.8 cm³/mol. The van der Waals surface area contributed by atoms with Crippen molar-refractivity contribution in [2.24, 2.45) is 5.92 Å². The van der Waals surface area contributed by atoms with Gasteiger partial charge in [-0.05, 0) is 30.4 Å². The van der Waals surface area contributed by atoms with Crippen LogP contribution in [-0.4, -0.2) is 23.9 Å². The molecule has 95 valence electrons. The van der Waals surface area contributed by atoms with Crippen molar-refractivity contribution >= 4 is 12.0 Å². The molecule has 1 heterocycles. The number of likely N-dealkylation sites (tertiary alicyclic amines) is 1. The Balaban J connectivity index is 1.87. The van der Waals surface area contributed by atoms with Crippen LogP contribution in [-0.2, 0) is 4.79 Å². The van der Waals surface area contributed by atoms with Crippen LogP contribution in [0.25, 0.3) is 6.08 Å². The first-order valence-corrected chi connectivity index (χ1v) is 6.61. The lowest BCUT2D eigenvalue weighted by molar-refractivity contribution is -0.127. The zero-order valence-electron chi connectivity index (χ0n) is 10.7.